The van der Waals surface area contributed by atoms with E-state index in [0.717, 1.165) is 23.3 Å². The number of halogens is 1. The molecule has 0 fully saturated rings. The predicted molar refractivity (Wildman–Crippen MR) is 96.4 cm³/mol. The van der Waals surface area contributed by atoms with Crippen molar-refractivity contribution in [3.05, 3.63) is 53.8 Å². The van der Waals surface area contributed by atoms with Gasteiger partial charge in [-0.15, -0.1) is 0 Å². The third kappa shape index (κ3) is 4.09. The van der Waals surface area contributed by atoms with Crippen LogP contribution < -0.4 is 10.1 Å². The lowest BCUT2D eigenvalue weighted by molar-refractivity contribution is 0.172. The maximum absolute atomic E-state index is 13.8. The average molecular weight is 343 g/mol. The van der Waals surface area contributed by atoms with Crippen LogP contribution in [0.1, 0.15) is 12.0 Å². The van der Waals surface area contributed by atoms with Crippen LogP contribution in [0.15, 0.2) is 42.5 Å². The summed E-state index contributed by atoms with van der Waals surface area (Å²) in [5.74, 6) is 1.14. The van der Waals surface area contributed by atoms with E-state index in [2.05, 4.69) is 10.3 Å². The number of benzene rings is 2. The SMILES string of the molecule is COCCCOc1cccc(CNc2nc3c(F)cccc3n2C)c1. The highest BCUT2D eigenvalue weighted by molar-refractivity contribution is 5.79. The molecular weight excluding hydrogens is 321 g/mol. The number of rotatable bonds is 8. The van der Waals surface area contributed by atoms with E-state index in [4.69, 9.17) is 9.47 Å². The van der Waals surface area contributed by atoms with Crippen LogP contribution in [0.4, 0.5) is 10.3 Å². The van der Waals surface area contributed by atoms with Gasteiger partial charge in [-0.3, -0.25) is 0 Å². The number of nitrogens with zero attached hydrogens (tertiary/aromatic N) is 2. The van der Waals surface area contributed by atoms with Crippen molar-refractivity contribution in [1.29, 1.82) is 0 Å². The molecule has 0 atom stereocenters. The topological polar surface area (TPSA) is 48.3 Å². The van der Waals surface area contributed by atoms with Gasteiger partial charge >= 0.3 is 0 Å². The van der Waals surface area contributed by atoms with Gasteiger partial charge in [0, 0.05) is 33.7 Å². The molecule has 132 valence electrons. The summed E-state index contributed by atoms with van der Waals surface area (Å²) in [4.78, 5) is 4.35. The van der Waals surface area contributed by atoms with Crippen molar-refractivity contribution in [3.8, 4) is 5.75 Å². The van der Waals surface area contributed by atoms with Crippen LogP contribution in [0.3, 0.4) is 0 Å². The molecule has 2 aromatic carbocycles. The zero-order valence-electron chi connectivity index (χ0n) is 14.5. The van der Waals surface area contributed by atoms with Crippen LogP contribution in [0.25, 0.3) is 11.0 Å². The first kappa shape index (κ1) is 17.2. The summed E-state index contributed by atoms with van der Waals surface area (Å²) in [5.41, 5.74) is 2.21. The Labute approximate surface area is 146 Å². The van der Waals surface area contributed by atoms with Crippen LogP contribution in [0, 0.1) is 5.82 Å². The molecule has 0 spiro atoms. The average Bonchev–Trinajstić information content (AvgIpc) is 2.95. The van der Waals surface area contributed by atoms with Gasteiger partial charge in [0.1, 0.15) is 11.3 Å². The highest BCUT2D eigenvalue weighted by Gasteiger charge is 2.10. The molecule has 0 aliphatic carbocycles. The Kier molecular flexibility index (Phi) is 5.50. The predicted octanol–water partition coefficient (Wildman–Crippen LogP) is 3.74. The Balaban J connectivity index is 1.66. The fourth-order valence-corrected chi connectivity index (χ4v) is 2.66. The van der Waals surface area contributed by atoms with E-state index < -0.39 is 0 Å². The second-order valence-corrected chi connectivity index (χ2v) is 5.80. The van der Waals surface area contributed by atoms with Crippen molar-refractivity contribution in [1.82, 2.24) is 9.55 Å². The summed E-state index contributed by atoms with van der Waals surface area (Å²) >= 11 is 0. The van der Waals surface area contributed by atoms with E-state index in [9.17, 15) is 4.39 Å². The van der Waals surface area contributed by atoms with E-state index >= 15 is 0 Å². The number of ether oxygens (including phenoxy) is 2. The van der Waals surface area contributed by atoms with Gasteiger partial charge in [-0.2, -0.15) is 0 Å². The summed E-state index contributed by atoms with van der Waals surface area (Å²) < 4.78 is 26.4. The maximum atomic E-state index is 13.8. The number of hydrogen-bond donors (Lipinski definition) is 1. The van der Waals surface area contributed by atoms with Crippen molar-refractivity contribution in [3.63, 3.8) is 0 Å². The van der Waals surface area contributed by atoms with Gasteiger partial charge in [0.15, 0.2) is 5.82 Å². The van der Waals surface area contributed by atoms with Gasteiger partial charge in [-0.1, -0.05) is 18.2 Å². The van der Waals surface area contributed by atoms with Gasteiger partial charge in [0.2, 0.25) is 5.95 Å². The number of aromatic nitrogens is 2. The Morgan fingerprint density at radius 1 is 1.16 bits per heavy atom. The van der Waals surface area contributed by atoms with Crippen LogP contribution in [0.2, 0.25) is 0 Å². The Hall–Kier alpha value is -2.60. The minimum Gasteiger partial charge on any atom is -0.493 e. The molecule has 3 aromatic rings. The summed E-state index contributed by atoms with van der Waals surface area (Å²) in [6.45, 7) is 1.88. The molecule has 6 heteroatoms. The number of nitrogens with one attached hydrogen (secondary N) is 1. The minimum atomic E-state index is -0.312. The van der Waals surface area contributed by atoms with Crippen LogP contribution in [0.5, 0.6) is 5.75 Å². The largest absolute Gasteiger partial charge is 0.493 e. The smallest absolute Gasteiger partial charge is 0.203 e. The van der Waals surface area contributed by atoms with E-state index in [0.29, 0.717) is 31.2 Å². The molecule has 0 aliphatic rings. The molecular formula is C19H22FN3O2. The van der Waals surface area contributed by atoms with Gasteiger partial charge < -0.3 is 19.4 Å². The molecule has 5 nitrogen and oxygen atoms in total. The highest BCUT2D eigenvalue weighted by Crippen LogP contribution is 2.21. The van der Waals surface area contributed by atoms with E-state index in [-0.39, 0.29) is 5.82 Å². The molecule has 0 unspecified atom stereocenters. The van der Waals surface area contributed by atoms with E-state index in [1.807, 2.05) is 41.9 Å². The van der Waals surface area contributed by atoms with Gasteiger partial charge in [0.05, 0.1) is 12.1 Å². The second-order valence-electron chi connectivity index (χ2n) is 5.80. The molecule has 0 bridgehead atoms. The second kappa shape index (κ2) is 7.98. The summed E-state index contributed by atoms with van der Waals surface area (Å²) in [6, 6.07) is 12.8. The number of imidazole rings is 1. The molecule has 3 rings (SSSR count). The zero-order chi connectivity index (χ0) is 17.6. The Bertz CT molecular complexity index is 848. The lowest BCUT2D eigenvalue weighted by Gasteiger charge is -2.09. The van der Waals surface area contributed by atoms with E-state index in [1.165, 1.54) is 6.07 Å². The summed E-state index contributed by atoms with van der Waals surface area (Å²) in [7, 11) is 3.55. The van der Waals surface area contributed by atoms with Crippen LogP contribution in [-0.4, -0.2) is 29.9 Å². The first-order chi connectivity index (χ1) is 12.2. The van der Waals surface area contributed by atoms with E-state index in [1.54, 1.807) is 13.2 Å². The number of aryl methyl sites for hydroxylation is 1. The molecule has 0 saturated heterocycles. The molecule has 0 amide bonds. The zero-order valence-corrected chi connectivity index (χ0v) is 14.5. The fourth-order valence-electron chi connectivity index (χ4n) is 2.66. The molecule has 1 aromatic heterocycles. The van der Waals surface area contributed by atoms with Crippen molar-refractivity contribution in [2.24, 2.45) is 7.05 Å². The maximum Gasteiger partial charge on any atom is 0.203 e. The lowest BCUT2D eigenvalue weighted by Crippen LogP contribution is -2.05. The molecule has 0 aliphatic heterocycles. The molecule has 1 N–H and O–H groups in total. The lowest BCUT2D eigenvalue weighted by atomic mass is 10.2. The molecule has 25 heavy (non-hydrogen) atoms. The van der Waals surface area contributed by atoms with Crippen LogP contribution in [-0.2, 0) is 18.3 Å². The highest BCUT2D eigenvalue weighted by atomic mass is 19.1. The quantitative estimate of drug-likeness (QED) is 0.633. The monoisotopic (exact) mass is 343 g/mol. The number of anilines is 1. The normalized spacial score (nSPS) is 11.0. The number of fused-ring (bicyclic) bond motifs is 1. The minimum absolute atomic E-state index is 0.312. The van der Waals surface area contributed by atoms with Crippen molar-refractivity contribution in [2.45, 2.75) is 13.0 Å². The summed E-state index contributed by atoms with van der Waals surface area (Å²) in [6.07, 6.45) is 0.852. The Morgan fingerprint density at radius 2 is 2.00 bits per heavy atom. The van der Waals surface area contributed by atoms with Crippen molar-refractivity contribution < 1.29 is 13.9 Å². The molecule has 0 saturated carbocycles. The van der Waals surface area contributed by atoms with Crippen molar-refractivity contribution in [2.75, 3.05) is 25.6 Å². The first-order valence-electron chi connectivity index (χ1n) is 8.24. The Morgan fingerprint density at radius 3 is 2.80 bits per heavy atom. The summed E-state index contributed by atoms with van der Waals surface area (Å²) in [5, 5.41) is 3.26. The third-order valence-corrected chi connectivity index (χ3v) is 3.97. The van der Waals surface area contributed by atoms with Gasteiger partial charge in [0.25, 0.3) is 0 Å². The third-order valence-electron chi connectivity index (χ3n) is 3.97. The standard InChI is InChI=1S/C19H22FN3O2/c1-23-17-9-4-8-16(20)18(17)22-19(23)21-13-14-6-3-7-15(12-14)25-11-5-10-24-2/h3-4,6-9,12H,5,10-11,13H2,1-2H3,(H,21,22). The first-order valence-corrected chi connectivity index (χ1v) is 8.24. The number of hydrogen-bond acceptors (Lipinski definition) is 4. The van der Waals surface area contributed by atoms with Gasteiger partial charge in [-0.05, 0) is 29.8 Å². The fraction of sp³-hybridized carbons (Fsp3) is 0.316. The molecule has 1 heterocycles. The molecule has 0 radical (unpaired) electrons. The van der Waals surface area contributed by atoms with Gasteiger partial charge in [-0.25, -0.2) is 9.37 Å². The van der Waals surface area contributed by atoms with Crippen molar-refractivity contribution >= 4 is 17.0 Å². The van der Waals surface area contributed by atoms with Crippen LogP contribution >= 0.6 is 0 Å². The number of methoxy groups -OCH3 is 1. The number of para-hydroxylation sites is 1.